The van der Waals surface area contributed by atoms with Gasteiger partial charge in [-0.1, -0.05) is 0 Å². The van der Waals surface area contributed by atoms with Gasteiger partial charge in [-0.25, -0.2) is 0 Å². The molecule has 0 saturated carbocycles. The fourth-order valence-corrected chi connectivity index (χ4v) is 0. The third-order valence-electron chi connectivity index (χ3n) is 0. The van der Waals surface area contributed by atoms with Gasteiger partial charge in [-0.3, -0.25) is 0 Å². The van der Waals surface area contributed by atoms with E-state index in [1.165, 1.54) is 0 Å². The van der Waals surface area contributed by atoms with Crippen LogP contribution in [0.2, 0.25) is 0 Å². The van der Waals surface area contributed by atoms with Crippen molar-refractivity contribution in [1.29, 1.82) is 0 Å². The van der Waals surface area contributed by atoms with Gasteiger partial charge in [-0.2, -0.15) is 0 Å². The molecule has 1 radical (unpaired) electrons. The van der Waals surface area contributed by atoms with Gasteiger partial charge in [0.25, 0.3) is 0 Å². The Kier molecular flexibility index (Phi) is 161. The second-order valence-corrected chi connectivity index (χ2v) is 0. The molecule has 0 amide bonds. The first-order valence-corrected chi connectivity index (χ1v) is 0. The molecule has 5 heavy (non-hydrogen) atoms. The minimum absolute atomic E-state index is 0. The number of hydrogen-bond donors (Lipinski definition) is 0. The quantitative estimate of drug-likeness (QED) is 0.377. The van der Waals surface area contributed by atoms with E-state index in [2.05, 4.69) is 0 Å². The molecule has 0 bridgehead atoms. The predicted molar refractivity (Wildman–Crippen MR) is 27.0 cm³/mol. The van der Waals surface area contributed by atoms with Gasteiger partial charge in [-0.05, 0) is 0 Å². The van der Waals surface area contributed by atoms with Gasteiger partial charge >= 0.3 is 87.4 Å². The molecule has 0 heterocycles. The van der Waals surface area contributed by atoms with E-state index in [9.17, 15) is 0 Å². The Morgan fingerprint density at radius 1 is 1.20 bits per heavy atom. The van der Waals surface area contributed by atoms with Crippen molar-refractivity contribution < 1.29 is 58.7 Å². The van der Waals surface area contributed by atoms with Gasteiger partial charge in [0.15, 0.2) is 17.4 Å². The molecule has 0 aliphatic carbocycles. The summed E-state index contributed by atoms with van der Waals surface area (Å²) in [7, 11) is 0. The molecule has 0 unspecified atom stereocenters. The second-order valence-electron chi connectivity index (χ2n) is 0. The molecule has 0 rings (SSSR count). The molecule has 0 aromatic carbocycles. The summed E-state index contributed by atoms with van der Waals surface area (Å²) in [6.07, 6.45) is 0. The van der Waals surface area contributed by atoms with Crippen LogP contribution in [0.25, 0.3) is 0 Å². The standard InChI is InChI=1S/Al.Li.Mg.Sr.Y.8H/q;+1;2*+2;;;;;5*-1. The Hall–Kier alpha value is 4.48. The van der Waals surface area contributed by atoms with Crippen LogP contribution in [0.1, 0.15) is 7.13 Å². The van der Waals surface area contributed by atoms with Crippen molar-refractivity contribution in [3.05, 3.63) is 0 Å². The van der Waals surface area contributed by atoms with Gasteiger partial charge in [0.1, 0.15) is 0 Å². The largest absolute Gasteiger partial charge is 2.00 e. The first-order valence-electron chi connectivity index (χ1n) is 0. The predicted octanol–water partition coefficient (Wildman–Crippen LogP) is -4.38. The van der Waals surface area contributed by atoms with Crippen molar-refractivity contribution in [2.45, 2.75) is 0 Å². The maximum Gasteiger partial charge on any atom is 2.00 e. The van der Waals surface area contributed by atoms with Crippen molar-refractivity contribution in [2.24, 2.45) is 0 Å². The maximum atomic E-state index is 0. The fraction of sp³-hybridized carbons (Fsp3) is 0. The molecule has 0 spiro atoms. The van der Waals surface area contributed by atoms with Crippen molar-refractivity contribution in [2.75, 3.05) is 0 Å². The van der Waals surface area contributed by atoms with Crippen molar-refractivity contribution in [1.82, 2.24) is 0 Å². The van der Waals surface area contributed by atoms with Crippen LogP contribution >= 0.6 is 0 Å². The SMILES string of the molecule is [AlH3].[H-].[H-].[H-].[H-].[H-].[Li+].[Mg+2].[Sr+2].[Y]. The van der Waals surface area contributed by atoms with Crippen molar-refractivity contribution in [3.8, 4) is 0 Å². The van der Waals surface area contributed by atoms with E-state index in [-0.39, 0.29) is 145 Å². The number of rotatable bonds is 0. The van der Waals surface area contributed by atoms with E-state index < -0.39 is 0 Å². The molecule has 0 aromatic heterocycles. The van der Waals surface area contributed by atoms with Crippen LogP contribution in [0, 0.1) is 0 Å². The zero-order valence-corrected chi connectivity index (χ0v) is 10.7. The third kappa shape index (κ3) is 17.7. The van der Waals surface area contributed by atoms with E-state index in [0.717, 1.165) is 0 Å². The topological polar surface area (TPSA) is 0 Å². The van der Waals surface area contributed by atoms with Crippen molar-refractivity contribution >= 4 is 85.9 Å². The normalized spacial score (nSPS) is 0. The fourth-order valence-electron chi connectivity index (χ4n) is 0. The molecule has 0 nitrogen and oxygen atoms in total. The molecule has 0 aromatic rings. The molecule has 0 atom stereocenters. The molecule has 0 aliphatic heterocycles. The Morgan fingerprint density at radius 2 is 1.20 bits per heavy atom. The molecular formula is H8AlLiMgSrY. The maximum absolute atomic E-state index is 0. The molecule has 0 N–H and O–H groups in total. The van der Waals surface area contributed by atoms with Gasteiger partial charge in [-0.15, -0.1) is 0 Å². The van der Waals surface area contributed by atoms with Crippen LogP contribution in [0.4, 0.5) is 0 Å². The minimum Gasteiger partial charge on any atom is -1.00 e. The van der Waals surface area contributed by atoms with Crippen molar-refractivity contribution in [3.63, 3.8) is 0 Å². The zero-order chi connectivity index (χ0) is 0. The summed E-state index contributed by atoms with van der Waals surface area (Å²) in [6.45, 7) is 0. The Labute approximate surface area is 141 Å². The Balaban J connectivity index is 0. The smallest absolute Gasteiger partial charge is 1.00 e. The average molecular weight is 243 g/mol. The van der Waals surface area contributed by atoms with Crippen LogP contribution in [0.5, 0.6) is 0 Å². The van der Waals surface area contributed by atoms with Crippen LogP contribution in [-0.4, -0.2) is 85.9 Å². The summed E-state index contributed by atoms with van der Waals surface area (Å²) in [6, 6.07) is 0. The first kappa shape index (κ1) is 34.0. The van der Waals surface area contributed by atoms with Gasteiger partial charge in [0, 0.05) is 32.7 Å². The second kappa shape index (κ2) is 23.6. The number of hydrogen-bond acceptors (Lipinski definition) is 0. The molecule has 19 valence electrons. The molecule has 5 heteroatoms. The average Bonchev–Trinajstić information content (AvgIpc) is 0. The van der Waals surface area contributed by atoms with Crippen LogP contribution < -0.4 is 18.9 Å². The minimum atomic E-state index is 0. The summed E-state index contributed by atoms with van der Waals surface area (Å²) < 4.78 is 0. The zero-order valence-electron chi connectivity index (χ0n) is 7.99. The van der Waals surface area contributed by atoms with Gasteiger partial charge in [0.2, 0.25) is 0 Å². The summed E-state index contributed by atoms with van der Waals surface area (Å²) in [5.74, 6) is 0. The summed E-state index contributed by atoms with van der Waals surface area (Å²) >= 11 is 0. The van der Waals surface area contributed by atoms with Gasteiger partial charge < -0.3 is 7.13 Å². The summed E-state index contributed by atoms with van der Waals surface area (Å²) in [5, 5.41) is 0. The van der Waals surface area contributed by atoms with Crippen LogP contribution in [0.3, 0.4) is 0 Å². The Bertz CT molecular complexity index is 21.6. The van der Waals surface area contributed by atoms with E-state index in [1.807, 2.05) is 0 Å². The third-order valence-corrected chi connectivity index (χ3v) is 0. The van der Waals surface area contributed by atoms with E-state index in [0.29, 0.717) is 0 Å². The van der Waals surface area contributed by atoms with Gasteiger partial charge in [0.05, 0.1) is 0 Å². The molecule has 0 saturated heterocycles. The Morgan fingerprint density at radius 3 is 1.20 bits per heavy atom. The molecule has 0 fully saturated rings. The molecule has 0 aliphatic rings. The van der Waals surface area contributed by atoms with E-state index >= 15 is 0 Å². The van der Waals surface area contributed by atoms with Crippen LogP contribution in [-0.2, 0) is 32.7 Å². The van der Waals surface area contributed by atoms with E-state index in [4.69, 9.17) is 0 Å². The summed E-state index contributed by atoms with van der Waals surface area (Å²) in [4.78, 5) is 0. The molecular weight excluding hydrogens is 235 g/mol. The van der Waals surface area contributed by atoms with E-state index in [1.54, 1.807) is 0 Å². The monoisotopic (exact) mass is 243 g/mol. The summed E-state index contributed by atoms with van der Waals surface area (Å²) in [5.41, 5.74) is 0. The first-order chi connectivity index (χ1) is 0. The van der Waals surface area contributed by atoms with Crippen LogP contribution in [0.15, 0.2) is 0 Å².